The Morgan fingerprint density at radius 3 is 2.94 bits per heavy atom. The molecule has 1 unspecified atom stereocenters. The lowest BCUT2D eigenvalue weighted by atomic mass is 10.2. The van der Waals surface area contributed by atoms with Gasteiger partial charge in [-0.05, 0) is 18.6 Å². The van der Waals surface area contributed by atoms with Crippen LogP contribution in [0.2, 0.25) is 0 Å². The van der Waals surface area contributed by atoms with Crippen LogP contribution in [-0.2, 0) is 0 Å². The predicted molar refractivity (Wildman–Crippen MR) is 66.7 cm³/mol. The summed E-state index contributed by atoms with van der Waals surface area (Å²) in [5.74, 6) is 0.580. The molecule has 94 valence electrons. The monoisotopic (exact) mass is 239 g/mol. The Bertz CT molecular complexity index is 382. The SMILES string of the molecule is CCC(CNC(N)=NC)Oc1cccc(F)c1. The van der Waals surface area contributed by atoms with Gasteiger partial charge >= 0.3 is 0 Å². The fourth-order valence-electron chi connectivity index (χ4n) is 1.30. The Kier molecular flexibility index (Phi) is 5.26. The van der Waals surface area contributed by atoms with Crippen molar-refractivity contribution in [2.45, 2.75) is 19.4 Å². The van der Waals surface area contributed by atoms with Crippen molar-refractivity contribution >= 4 is 5.96 Å². The highest BCUT2D eigenvalue weighted by Gasteiger charge is 2.08. The first-order valence-electron chi connectivity index (χ1n) is 5.54. The van der Waals surface area contributed by atoms with E-state index in [9.17, 15) is 4.39 Å². The lowest BCUT2D eigenvalue weighted by Gasteiger charge is -2.18. The third-order valence-corrected chi connectivity index (χ3v) is 2.31. The molecule has 0 radical (unpaired) electrons. The molecule has 0 saturated carbocycles. The van der Waals surface area contributed by atoms with E-state index >= 15 is 0 Å². The van der Waals surface area contributed by atoms with Crippen molar-refractivity contribution in [1.29, 1.82) is 0 Å². The van der Waals surface area contributed by atoms with Crippen molar-refractivity contribution in [3.8, 4) is 5.75 Å². The van der Waals surface area contributed by atoms with Crippen LogP contribution in [0.3, 0.4) is 0 Å². The molecule has 1 rings (SSSR count). The average Bonchev–Trinajstić information content (AvgIpc) is 2.34. The van der Waals surface area contributed by atoms with Gasteiger partial charge in [0, 0.05) is 13.1 Å². The quantitative estimate of drug-likeness (QED) is 0.605. The molecule has 0 saturated heterocycles. The van der Waals surface area contributed by atoms with E-state index < -0.39 is 0 Å². The number of nitrogens with two attached hydrogens (primary N) is 1. The zero-order valence-corrected chi connectivity index (χ0v) is 10.1. The molecule has 0 spiro atoms. The van der Waals surface area contributed by atoms with E-state index in [1.54, 1.807) is 19.2 Å². The Morgan fingerprint density at radius 2 is 2.35 bits per heavy atom. The van der Waals surface area contributed by atoms with Crippen LogP contribution in [-0.4, -0.2) is 25.7 Å². The lowest BCUT2D eigenvalue weighted by Crippen LogP contribution is -2.39. The summed E-state index contributed by atoms with van der Waals surface area (Å²) < 4.78 is 18.6. The van der Waals surface area contributed by atoms with E-state index in [2.05, 4.69) is 10.3 Å². The number of benzene rings is 1. The highest BCUT2D eigenvalue weighted by atomic mass is 19.1. The van der Waals surface area contributed by atoms with Gasteiger partial charge in [0.2, 0.25) is 0 Å². The highest BCUT2D eigenvalue weighted by Crippen LogP contribution is 2.14. The van der Waals surface area contributed by atoms with Crippen molar-refractivity contribution in [3.05, 3.63) is 30.1 Å². The number of nitrogens with zero attached hydrogens (tertiary/aromatic N) is 1. The van der Waals surface area contributed by atoms with E-state index in [-0.39, 0.29) is 11.9 Å². The number of aliphatic imine (C=N–C) groups is 1. The molecule has 0 heterocycles. The van der Waals surface area contributed by atoms with E-state index in [0.717, 1.165) is 6.42 Å². The third-order valence-electron chi connectivity index (χ3n) is 2.31. The average molecular weight is 239 g/mol. The van der Waals surface area contributed by atoms with Crippen LogP contribution in [0.1, 0.15) is 13.3 Å². The first-order chi connectivity index (χ1) is 8.15. The summed E-state index contributed by atoms with van der Waals surface area (Å²) in [6.07, 6.45) is 0.720. The fourth-order valence-corrected chi connectivity index (χ4v) is 1.30. The summed E-state index contributed by atoms with van der Waals surface area (Å²) in [5, 5.41) is 2.93. The van der Waals surface area contributed by atoms with Gasteiger partial charge in [-0.1, -0.05) is 13.0 Å². The van der Waals surface area contributed by atoms with Gasteiger partial charge in [-0.3, -0.25) is 4.99 Å². The summed E-state index contributed by atoms with van der Waals surface area (Å²) >= 11 is 0. The minimum atomic E-state index is -0.306. The molecule has 1 aromatic rings. The van der Waals surface area contributed by atoms with Crippen LogP contribution in [0, 0.1) is 5.82 Å². The van der Waals surface area contributed by atoms with Gasteiger partial charge in [-0.25, -0.2) is 4.39 Å². The van der Waals surface area contributed by atoms with Gasteiger partial charge in [-0.15, -0.1) is 0 Å². The molecule has 0 bridgehead atoms. The number of hydrogen-bond acceptors (Lipinski definition) is 2. The Hall–Kier alpha value is -1.78. The zero-order valence-electron chi connectivity index (χ0n) is 10.1. The minimum Gasteiger partial charge on any atom is -0.489 e. The second kappa shape index (κ2) is 6.73. The summed E-state index contributed by atoms with van der Waals surface area (Å²) in [6.45, 7) is 2.53. The molecule has 0 fully saturated rings. The Morgan fingerprint density at radius 1 is 1.59 bits per heavy atom. The number of hydrogen-bond donors (Lipinski definition) is 2. The maximum atomic E-state index is 13.0. The van der Waals surface area contributed by atoms with Crippen LogP contribution in [0.25, 0.3) is 0 Å². The van der Waals surface area contributed by atoms with E-state index in [1.807, 2.05) is 6.92 Å². The summed E-state index contributed by atoms with van der Waals surface area (Å²) in [5.41, 5.74) is 5.52. The number of rotatable bonds is 5. The molecule has 0 amide bonds. The molecule has 5 heteroatoms. The first kappa shape index (κ1) is 13.3. The van der Waals surface area contributed by atoms with Crippen LogP contribution >= 0.6 is 0 Å². The van der Waals surface area contributed by atoms with Crippen molar-refractivity contribution in [2.75, 3.05) is 13.6 Å². The molecule has 4 nitrogen and oxygen atoms in total. The van der Waals surface area contributed by atoms with Gasteiger partial charge in [0.05, 0.1) is 6.54 Å². The molecule has 0 aliphatic rings. The number of guanidine groups is 1. The number of nitrogens with one attached hydrogen (secondary N) is 1. The standard InChI is InChI=1S/C12H18FN3O/c1-3-10(8-16-12(14)15-2)17-11-6-4-5-9(13)7-11/h4-7,10H,3,8H2,1-2H3,(H3,14,15,16). The fraction of sp³-hybridized carbons (Fsp3) is 0.417. The summed E-state index contributed by atoms with van der Waals surface area (Å²) in [6, 6.07) is 6.09. The molecule has 0 aliphatic heterocycles. The van der Waals surface area contributed by atoms with E-state index in [1.165, 1.54) is 12.1 Å². The van der Waals surface area contributed by atoms with E-state index in [0.29, 0.717) is 18.3 Å². The number of ether oxygens (including phenoxy) is 1. The minimum absolute atomic E-state index is 0.0721. The molecule has 3 N–H and O–H groups in total. The Balaban J connectivity index is 2.52. The molecular weight excluding hydrogens is 221 g/mol. The summed E-state index contributed by atoms with van der Waals surface area (Å²) in [4.78, 5) is 3.78. The smallest absolute Gasteiger partial charge is 0.188 e. The third kappa shape index (κ3) is 4.72. The molecule has 1 aromatic carbocycles. The van der Waals surface area contributed by atoms with Crippen LogP contribution < -0.4 is 15.8 Å². The molecule has 0 aliphatic carbocycles. The van der Waals surface area contributed by atoms with Crippen molar-refractivity contribution in [2.24, 2.45) is 10.7 Å². The topological polar surface area (TPSA) is 59.6 Å². The second-order valence-corrected chi connectivity index (χ2v) is 3.60. The first-order valence-corrected chi connectivity index (χ1v) is 5.54. The molecule has 1 atom stereocenters. The number of halogens is 1. The lowest BCUT2D eigenvalue weighted by molar-refractivity contribution is 0.199. The van der Waals surface area contributed by atoms with Gasteiger partial charge in [0.15, 0.2) is 5.96 Å². The zero-order chi connectivity index (χ0) is 12.7. The predicted octanol–water partition coefficient (Wildman–Crippen LogP) is 1.52. The normalized spacial score (nSPS) is 13.2. The van der Waals surface area contributed by atoms with E-state index in [4.69, 9.17) is 10.5 Å². The van der Waals surface area contributed by atoms with Gasteiger partial charge in [0.1, 0.15) is 17.7 Å². The van der Waals surface area contributed by atoms with Crippen molar-refractivity contribution in [1.82, 2.24) is 5.32 Å². The van der Waals surface area contributed by atoms with Gasteiger partial charge in [-0.2, -0.15) is 0 Å². The van der Waals surface area contributed by atoms with Crippen molar-refractivity contribution < 1.29 is 9.13 Å². The Labute approximate surface area is 101 Å². The van der Waals surface area contributed by atoms with Gasteiger partial charge in [0.25, 0.3) is 0 Å². The summed E-state index contributed by atoms with van der Waals surface area (Å²) in [7, 11) is 1.61. The van der Waals surface area contributed by atoms with Crippen molar-refractivity contribution in [3.63, 3.8) is 0 Å². The maximum absolute atomic E-state index is 13.0. The maximum Gasteiger partial charge on any atom is 0.188 e. The van der Waals surface area contributed by atoms with Crippen LogP contribution in [0.5, 0.6) is 5.75 Å². The van der Waals surface area contributed by atoms with Crippen LogP contribution in [0.15, 0.2) is 29.3 Å². The molecular formula is C12H18FN3O. The molecule has 0 aromatic heterocycles. The second-order valence-electron chi connectivity index (χ2n) is 3.60. The van der Waals surface area contributed by atoms with Gasteiger partial charge < -0.3 is 15.8 Å². The van der Waals surface area contributed by atoms with Crippen LogP contribution in [0.4, 0.5) is 4.39 Å². The molecule has 17 heavy (non-hydrogen) atoms. The largest absolute Gasteiger partial charge is 0.489 e. The highest BCUT2D eigenvalue weighted by molar-refractivity contribution is 5.77.